The molecule has 0 radical (unpaired) electrons. The second kappa shape index (κ2) is 9.12. The molecule has 0 N–H and O–H groups in total. The van der Waals surface area contributed by atoms with Crippen LogP contribution in [0.5, 0.6) is 0 Å². The van der Waals surface area contributed by atoms with Gasteiger partial charge < -0.3 is 0 Å². The third-order valence-electron chi connectivity index (χ3n) is 3.34. The van der Waals surface area contributed by atoms with Crippen molar-refractivity contribution < 1.29 is 120 Å². The number of hydrogen-bond donors (Lipinski definition) is 0. The van der Waals surface area contributed by atoms with Crippen LogP contribution in [-0.2, 0) is 14.2 Å². The van der Waals surface area contributed by atoms with Crippen LogP contribution in [0, 0.1) is 0 Å². The molecule has 38 heavy (non-hydrogen) atoms. The number of ether oxygens (including phenoxy) is 3. The van der Waals surface area contributed by atoms with Crippen molar-refractivity contribution >= 4 is 0 Å². The van der Waals surface area contributed by atoms with E-state index in [0.29, 0.717) is 0 Å². The summed E-state index contributed by atoms with van der Waals surface area (Å²) < 4.78 is 307. The summed E-state index contributed by atoms with van der Waals surface area (Å²) in [5, 5.41) is 0. The summed E-state index contributed by atoms with van der Waals surface area (Å²) in [5.41, 5.74) is 0. The van der Waals surface area contributed by atoms with Crippen molar-refractivity contribution in [2.75, 3.05) is 0 Å². The van der Waals surface area contributed by atoms with Gasteiger partial charge in [0.05, 0.1) is 0 Å². The average Bonchev–Trinajstić information content (AvgIpc) is 2.55. The summed E-state index contributed by atoms with van der Waals surface area (Å²) in [4.78, 5) is 0. The van der Waals surface area contributed by atoms with E-state index in [9.17, 15) is 105 Å². The summed E-state index contributed by atoms with van der Waals surface area (Å²) in [6.45, 7) is 0. The van der Waals surface area contributed by atoms with Crippen molar-refractivity contribution in [2.45, 2.75) is 66.8 Å². The van der Waals surface area contributed by atoms with Crippen LogP contribution in [0.15, 0.2) is 0 Å². The van der Waals surface area contributed by atoms with Crippen LogP contribution in [-0.4, -0.2) is 66.8 Å². The molecule has 0 aliphatic rings. The Morgan fingerprint density at radius 1 is 0.263 bits per heavy atom. The summed E-state index contributed by atoms with van der Waals surface area (Å²) in [5.74, 6) is -33.6. The molecule has 0 amide bonds. The van der Waals surface area contributed by atoms with E-state index in [1.54, 1.807) is 0 Å². The maximum atomic E-state index is 13.9. The molecule has 0 fully saturated rings. The SMILES string of the molecule is FC(F)(F)OC(F)(OC(F)(F)C(F)(F)C(F)(F)C(F)(F)F)C(F)(F)OC(F)(F)C(F)(F)C(F)(F)C(F)(F)F. The molecule has 0 aromatic carbocycles. The van der Waals surface area contributed by atoms with Crippen molar-refractivity contribution in [3.8, 4) is 0 Å². The first-order valence-corrected chi connectivity index (χ1v) is 7.51. The highest BCUT2D eigenvalue weighted by Gasteiger charge is 2.88. The molecule has 1 atom stereocenters. The standard InChI is InChI=1S/C11F24O3/c12-1(13,5(20,21)22)3(16,17)7(26,27)36-9(30,31)10(32,38-11(33,34)35)37-8(28,29)4(18,19)2(14,15)6(23,24)25. The van der Waals surface area contributed by atoms with Gasteiger partial charge in [0.25, 0.3) is 0 Å². The van der Waals surface area contributed by atoms with E-state index in [0.717, 1.165) is 14.2 Å². The fourth-order valence-corrected chi connectivity index (χ4v) is 1.53. The molecular weight excluding hydrogens is 636 g/mol. The summed E-state index contributed by atoms with van der Waals surface area (Å²) in [6.07, 6.45) is -48.6. The van der Waals surface area contributed by atoms with Crippen LogP contribution < -0.4 is 0 Å². The summed E-state index contributed by atoms with van der Waals surface area (Å²) in [7, 11) is 0. The van der Waals surface area contributed by atoms with Gasteiger partial charge in [-0.15, -0.1) is 13.2 Å². The molecular formula is C11F24O3. The van der Waals surface area contributed by atoms with E-state index in [2.05, 4.69) is 0 Å². The van der Waals surface area contributed by atoms with Gasteiger partial charge in [-0.2, -0.15) is 92.2 Å². The highest BCUT2D eigenvalue weighted by atomic mass is 19.4. The second-order valence-corrected chi connectivity index (χ2v) is 6.13. The average molecular weight is 636 g/mol. The Morgan fingerprint density at radius 2 is 0.526 bits per heavy atom. The molecule has 0 rings (SSSR count). The molecule has 0 spiro atoms. The molecule has 0 saturated heterocycles. The van der Waals surface area contributed by atoms with E-state index in [4.69, 9.17) is 0 Å². The molecule has 0 aliphatic carbocycles. The van der Waals surface area contributed by atoms with Gasteiger partial charge in [-0.1, -0.05) is 0 Å². The van der Waals surface area contributed by atoms with Crippen LogP contribution >= 0.6 is 0 Å². The first kappa shape index (κ1) is 36.2. The molecule has 0 heterocycles. The molecule has 0 saturated carbocycles. The zero-order valence-corrected chi connectivity index (χ0v) is 15.8. The predicted molar refractivity (Wildman–Crippen MR) is 59.9 cm³/mol. The van der Waals surface area contributed by atoms with Gasteiger partial charge in [0.2, 0.25) is 0 Å². The largest absolute Gasteiger partial charge is 0.527 e. The van der Waals surface area contributed by atoms with Crippen LogP contribution in [0.3, 0.4) is 0 Å². The Morgan fingerprint density at radius 3 is 0.763 bits per heavy atom. The molecule has 27 heteroatoms. The Labute approximate surface area is 188 Å². The molecule has 1 unspecified atom stereocenters. The fourth-order valence-electron chi connectivity index (χ4n) is 1.53. The van der Waals surface area contributed by atoms with Crippen molar-refractivity contribution in [2.24, 2.45) is 0 Å². The third-order valence-corrected chi connectivity index (χ3v) is 3.34. The molecule has 0 bridgehead atoms. The Kier molecular flexibility index (Phi) is 8.69. The first-order chi connectivity index (χ1) is 15.9. The lowest BCUT2D eigenvalue weighted by Gasteiger charge is -2.40. The van der Waals surface area contributed by atoms with Gasteiger partial charge in [-0.05, 0) is 0 Å². The first-order valence-electron chi connectivity index (χ1n) is 7.51. The molecule has 0 aliphatic heterocycles. The van der Waals surface area contributed by atoms with E-state index in [1.165, 1.54) is 0 Å². The lowest BCUT2D eigenvalue weighted by atomic mass is 10.1. The minimum Gasteiger partial charge on any atom is -0.246 e. The number of rotatable bonds is 10. The van der Waals surface area contributed by atoms with E-state index in [1.807, 2.05) is 0 Å². The van der Waals surface area contributed by atoms with Crippen molar-refractivity contribution in [3.05, 3.63) is 0 Å². The number of alkyl halides is 24. The topological polar surface area (TPSA) is 27.7 Å². The molecule has 0 aromatic rings. The molecule has 0 aromatic heterocycles. The van der Waals surface area contributed by atoms with Gasteiger partial charge in [-0.3, -0.25) is 0 Å². The summed E-state index contributed by atoms with van der Waals surface area (Å²) in [6, 6.07) is -8.26. The second-order valence-electron chi connectivity index (χ2n) is 6.13. The lowest BCUT2D eigenvalue weighted by Crippen LogP contribution is -2.68. The van der Waals surface area contributed by atoms with Crippen molar-refractivity contribution in [1.82, 2.24) is 0 Å². The smallest absolute Gasteiger partial charge is 0.246 e. The highest BCUT2D eigenvalue weighted by molar-refractivity contribution is 4.99. The fraction of sp³-hybridized carbons (Fsp3) is 1.00. The monoisotopic (exact) mass is 636 g/mol. The zero-order valence-electron chi connectivity index (χ0n) is 15.8. The number of hydrogen-bond acceptors (Lipinski definition) is 3. The van der Waals surface area contributed by atoms with Crippen LogP contribution in [0.4, 0.5) is 105 Å². The minimum atomic E-state index is -8.53. The predicted octanol–water partition coefficient (Wildman–Crippen LogP) is 7.62. The van der Waals surface area contributed by atoms with Gasteiger partial charge in [0.15, 0.2) is 0 Å². The maximum absolute atomic E-state index is 13.9. The normalized spacial score (nSPS) is 18.0. The summed E-state index contributed by atoms with van der Waals surface area (Å²) >= 11 is 0. The minimum absolute atomic E-state index is 0.984. The Balaban J connectivity index is 6.91. The van der Waals surface area contributed by atoms with Gasteiger partial charge in [-0.25, -0.2) is 14.2 Å². The maximum Gasteiger partial charge on any atom is 0.527 e. The zero-order chi connectivity index (χ0) is 31.6. The highest BCUT2D eigenvalue weighted by Crippen LogP contribution is 2.59. The molecule has 3 nitrogen and oxygen atoms in total. The van der Waals surface area contributed by atoms with E-state index >= 15 is 0 Å². The van der Waals surface area contributed by atoms with Gasteiger partial charge in [0, 0.05) is 0 Å². The Hall–Kier alpha value is -1.80. The van der Waals surface area contributed by atoms with Crippen molar-refractivity contribution in [3.63, 3.8) is 0 Å². The van der Waals surface area contributed by atoms with E-state index in [-0.39, 0.29) is 0 Å². The van der Waals surface area contributed by atoms with Gasteiger partial charge in [0.1, 0.15) is 0 Å². The van der Waals surface area contributed by atoms with Crippen LogP contribution in [0.25, 0.3) is 0 Å². The quantitative estimate of drug-likeness (QED) is 0.183. The van der Waals surface area contributed by atoms with Gasteiger partial charge >= 0.3 is 66.8 Å². The molecule has 230 valence electrons. The number of halogens is 24. The lowest BCUT2D eigenvalue weighted by molar-refractivity contribution is -0.604. The van der Waals surface area contributed by atoms with Crippen LogP contribution in [0.1, 0.15) is 0 Å². The third kappa shape index (κ3) is 6.01. The van der Waals surface area contributed by atoms with Crippen molar-refractivity contribution in [1.29, 1.82) is 0 Å². The van der Waals surface area contributed by atoms with E-state index < -0.39 is 66.8 Å². The van der Waals surface area contributed by atoms with Crippen LogP contribution in [0.2, 0.25) is 0 Å². The Bertz CT molecular complexity index is 833.